The summed E-state index contributed by atoms with van der Waals surface area (Å²) in [7, 11) is 2.96. The Balaban J connectivity index is 2.19. The number of ether oxygens (including phenoxy) is 1. The number of nitrogens with two attached hydrogens (primary N) is 1. The molecule has 10 heteroatoms. The number of nitrogens with zero attached hydrogens (tertiary/aromatic N) is 2. The highest BCUT2D eigenvalue weighted by Crippen LogP contribution is 2.22. The van der Waals surface area contributed by atoms with E-state index in [1.165, 1.54) is 25.1 Å². The summed E-state index contributed by atoms with van der Waals surface area (Å²) in [5.74, 6) is -0.892. The van der Waals surface area contributed by atoms with E-state index in [2.05, 4.69) is 10.6 Å². The summed E-state index contributed by atoms with van der Waals surface area (Å²) in [5, 5.41) is 5.47. The van der Waals surface area contributed by atoms with E-state index in [1.807, 2.05) is 0 Å². The minimum Gasteiger partial charge on any atom is -0.497 e. The number of urea groups is 1. The Bertz CT molecular complexity index is 881. The first-order valence-electron chi connectivity index (χ1n) is 9.82. The normalized spacial score (nSPS) is 17.5. The number of hydrogen-bond donors (Lipinski definition) is 3. The molecule has 10 nitrogen and oxygen atoms in total. The molecule has 0 bridgehead atoms. The van der Waals surface area contributed by atoms with Crippen LogP contribution in [0.15, 0.2) is 35.9 Å². The van der Waals surface area contributed by atoms with Gasteiger partial charge in [0.15, 0.2) is 0 Å². The fraction of sp³-hybridized carbons (Fsp3) is 0.429. The van der Waals surface area contributed by atoms with Crippen LogP contribution in [0.1, 0.15) is 20.3 Å². The summed E-state index contributed by atoms with van der Waals surface area (Å²) in [6, 6.07) is 4.72. The number of likely N-dealkylation sites (tertiary alicyclic amines) is 1. The van der Waals surface area contributed by atoms with Crippen molar-refractivity contribution in [2.45, 2.75) is 32.4 Å². The fourth-order valence-electron chi connectivity index (χ4n) is 3.40. The van der Waals surface area contributed by atoms with E-state index in [0.717, 1.165) is 10.5 Å². The van der Waals surface area contributed by atoms with Gasteiger partial charge >= 0.3 is 6.03 Å². The molecule has 0 radical (unpaired) electrons. The number of carbonyl (C=O) groups is 4. The van der Waals surface area contributed by atoms with Gasteiger partial charge in [0.2, 0.25) is 17.7 Å². The lowest BCUT2D eigenvalue weighted by Crippen LogP contribution is -2.56. The minimum absolute atomic E-state index is 0.285. The number of anilines is 1. The van der Waals surface area contributed by atoms with Gasteiger partial charge < -0.3 is 30.9 Å². The zero-order chi connectivity index (χ0) is 23.1. The fourth-order valence-corrected chi connectivity index (χ4v) is 3.40. The van der Waals surface area contributed by atoms with Gasteiger partial charge in [-0.3, -0.25) is 14.4 Å². The summed E-state index contributed by atoms with van der Waals surface area (Å²) < 4.78 is 5.14. The van der Waals surface area contributed by atoms with Crippen LogP contribution in [0.3, 0.4) is 0 Å². The largest absolute Gasteiger partial charge is 0.497 e. The van der Waals surface area contributed by atoms with Crippen molar-refractivity contribution in [3.8, 4) is 5.75 Å². The second-order valence-electron chi connectivity index (χ2n) is 7.58. The predicted molar refractivity (Wildman–Crippen MR) is 115 cm³/mol. The number of carbonyl (C=O) groups excluding carboxylic acids is 4. The second kappa shape index (κ2) is 10.5. The number of allylic oxidation sites excluding steroid dienone is 1. The third kappa shape index (κ3) is 6.46. The van der Waals surface area contributed by atoms with Crippen molar-refractivity contribution in [1.82, 2.24) is 15.1 Å². The number of hydrogen-bond acceptors (Lipinski definition) is 5. The molecule has 1 heterocycles. The van der Waals surface area contributed by atoms with Gasteiger partial charge in [-0.25, -0.2) is 4.79 Å². The maximum Gasteiger partial charge on any atom is 0.319 e. The Morgan fingerprint density at radius 3 is 2.61 bits per heavy atom. The Morgan fingerprint density at radius 1 is 1.29 bits per heavy atom. The van der Waals surface area contributed by atoms with E-state index < -0.39 is 29.9 Å². The topological polar surface area (TPSA) is 134 Å². The Labute approximate surface area is 181 Å². The summed E-state index contributed by atoms with van der Waals surface area (Å²) >= 11 is 0. The van der Waals surface area contributed by atoms with E-state index in [0.29, 0.717) is 17.9 Å². The molecule has 168 valence electrons. The van der Waals surface area contributed by atoms with Gasteiger partial charge in [-0.05, 0) is 32.4 Å². The van der Waals surface area contributed by atoms with Gasteiger partial charge in [-0.15, -0.1) is 0 Å². The first-order valence-corrected chi connectivity index (χ1v) is 9.82. The minimum atomic E-state index is -0.955. The smallest absolute Gasteiger partial charge is 0.319 e. The lowest BCUT2D eigenvalue weighted by molar-refractivity contribution is -0.142. The molecule has 0 spiro atoms. The summed E-state index contributed by atoms with van der Waals surface area (Å²) in [6.07, 6.45) is 1.82. The van der Waals surface area contributed by atoms with Crippen molar-refractivity contribution in [2.24, 2.45) is 5.73 Å². The van der Waals surface area contributed by atoms with Crippen molar-refractivity contribution in [1.29, 1.82) is 0 Å². The van der Waals surface area contributed by atoms with Crippen LogP contribution in [0.2, 0.25) is 0 Å². The van der Waals surface area contributed by atoms with Crippen molar-refractivity contribution in [2.75, 3.05) is 32.6 Å². The molecular formula is C21H29N5O5. The van der Waals surface area contributed by atoms with Crippen molar-refractivity contribution in [3.63, 3.8) is 0 Å². The number of primary amides is 1. The van der Waals surface area contributed by atoms with E-state index >= 15 is 0 Å². The van der Waals surface area contributed by atoms with Gasteiger partial charge in [-0.2, -0.15) is 0 Å². The van der Waals surface area contributed by atoms with Crippen LogP contribution in [0.5, 0.6) is 5.75 Å². The van der Waals surface area contributed by atoms with Crippen molar-refractivity contribution in [3.05, 3.63) is 35.9 Å². The van der Waals surface area contributed by atoms with Crippen molar-refractivity contribution >= 4 is 29.4 Å². The predicted octanol–water partition coefficient (Wildman–Crippen LogP) is 0.696. The average Bonchev–Trinajstić information content (AvgIpc) is 3.09. The number of amides is 5. The van der Waals surface area contributed by atoms with Crippen LogP contribution in [0, 0.1) is 0 Å². The van der Waals surface area contributed by atoms with Gasteiger partial charge in [0.1, 0.15) is 11.8 Å². The highest BCUT2D eigenvalue weighted by atomic mass is 16.5. The molecule has 1 fully saturated rings. The molecule has 0 aliphatic carbocycles. The summed E-state index contributed by atoms with van der Waals surface area (Å²) in [4.78, 5) is 52.1. The van der Waals surface area contributed by atoms with Gasteiger partial charge in [0, 0.05) is 31.4 Å². The maximum atomic E-state index is 13.0. The molecule has 31 heavy (non-hydrogen) atoms. The molecule has 2 atom stereocenters. The Kier molecular flexibility index (Phi) is 8.00. The zero-order valence-corrected chi connectivity index (χ0v) is 18.2. The van der Waals surface area contributed by atoms with Crippen LogP contribution in [0.4, 0.5) is 10.5 Å². The van der Waals surface area contributed by atoms with Crippen LogP contribution in [0.25, 0.3) is 0 Å². The summed E-state index contributed by atoms with van der Waals surface area (Å²) in [6.45, 7) is 3.55. The van der Waals surface area contributed by atoms with Crippen LogP contribution in [-0.4, -0.2) is 72.9 Å². The number of methoxy groups -OCH3 is 1. The third-order valence-corrected chi connectivity index (χ3v) is 4.76. The average molecular weight is 431 g/mol. The van der Waals surface area contributed by atoms with Gasteiger partial charge in [0.25, 0.3) is 0 Å². The van der Waals surface area contributed by atoms with Crippen LogP contribution in [-0.2, 0) is 14.4 Å². The lowest BCUT2D eigenvalue weighted by Gasteiger charge is -2.30. The number of likely N-dealkylation sites (N-methyl/N-ethyl adjacent to an activating group) is 1. The highest BCUT2D eigenvalue weighted by molar-refractivity contribution is 5.96. The first kappa shape index (κ1) is 23.7. The third-order valence-electron chi connectivity index (χ3n) is 4.76. The maximum absolute atomic E-state index is 13.0. The molecule has 4 N–H and O–H groups in total. The summed E-state index contributed by atoms with van der Waals surface area (Å²) in [5.41, 5.74) is 6.50. The quantitative estimate of drug-likeness (QED) is 0.546. The van der Waals surface area contributed by atoms with Gasteiger partial charge in [-0.1, -0.05) is 11.6 Å². The Morgan fingerprint density at radius 2 is 2.00 bits per heavy atom. The molecule has 1 aliphatic heterocycles. The monoisotopic (exact) mass is 431 g/mol. The van der Waals surface area contributed by atoms with E-state index in [9.17, 15) is 19.2 Å². The first-order chi connectivity index (χ1) is 14.6. The zero-order valence-electron chi connectivity index (χ0n) is 18.2. The molecule has 5 amide bonds. The molecule has 2 rings (SSSR count). The Hall–Kier alpha value is -3.56. The van der Waals surface area contributed by atoms with Crippen LogP contribution < -0.4 is 21.1 Å². The SMILES string of the molecule is COc1cccc(NC(=O)N[C@H]2CCN(C(=O)C=C(C)C)[C@@H]2C(=O)N(C)CC(N)=O)c1. The molecule has 1 aliphatic rings. The van der Waals surface area contributed by atoms with Crippen molar-refractivity contribution < 1.29 is 23.9 Å². The van der Waals surface area contributed by atoms with Crippen LogP contribution >= 0.6 is 0 Å². The molecule has 0 saturated carbocycles. The molecule has 1 saturated heterocycles. The molecule has 1 aromatic carbocycles. The van der Waals surface area contributed by atoms with E-state index in [1.54, 1.807) is 38.1 Å². The second-order valence-corrected chi connectivity index (χ2v) is 7.58. The molecule has 1 aromatic rings. The number of benzene rings is 1. The highest BCUT2D eigenvalue weighted by Gasteiger charge is 2.43. The van der Waals surface area contributed by atoms with E-state index in [-0.39, 0.29) is 19.0 Å². The molecule has 0 aromatic heterocycles. The van der Waals surface area contributed by atoms with E-state index in [4.69, 9.17) is 10.5 Å². The molecular weight excluding hydrogens is 402 g/mol. The van der Waals surface area contributed by atoms with Gasteiger partial charge in [0.05, 0.1) is 19.7 Å². The number of rotatable bonds is 7. The molecule has 0 unspecified atom stereocenters. The lowest BCUT2D eigenvalue weighted by atomic mass is 10.1. The number of nitrogens with one attached hydrogen (secondary N) is 2. The standard InChI is InChI=1S/C21H29N5O5/c1-13(2)10-18(28)26-9-8-16(19(26)20(29)25(3)12-17(22)27)24-21(30)23-14-6-5-7-15(11-14)31-4/h5-7,10-11,16,19H,8-9,12H2,1-4H3,(H2,22,27)(H2,23,24,30)/t16-,19-/m0/s1.